The highest BCUT2D eigenvalue weighted by Gasteiger charge is 2.42. The summed E-state index contributed by atoms with van der Waals surface area (Å²) in [6.45, 7) is 3.83. The predicted octanol–water partition coefficient (Wildman–Crippen LogP) is 2.76. The SMILES string of the molecule is c1coc(CN2CCO[C@@H]3[C@@H](Cn4cccc4)CC[C@@H]32)c1. The van der Waals surface area contributed by atoms with Crippen molar-refractivity contribution in [3.8, 4) is 0 Å². The smallest absolute Gasteiger partial charge is 0.117 e. The third kappa shape index (κ3) is 2.65. The van der Waals surface area contributed by atoms with Crippen molar-refractivity contribution in [2.75, 3.05) is 13.2 Å². The predicted molar refractivity (Wildman–Crippen MR) is 79.8 cm³/mol. The molecular formula is C17H22N2O2. The summed E-state index contributed by atoms with van der Waals surface area (Å²) in [6.07, 6.45) is 8.92. The second kappa shape index (κ2) is 5.70. The van der Waals surface area contributed by atoms with Crippen molar-refractivity contribution in [2.45, 2.75) is 38.1 Å². The maximum absolute atomic E-state index is 6.13. The number of hydrogen-bond acceptors (Lipinski definition) is 3. The Hall–Kier alpha value is -1.52. The Balaban J connectivity index is 1.44. The molecule has 1 saturated heterocycles. The van der Waals surface area contributed by atoms with Gasteiger partial charge in [0, 0.05) is 37.4 Å². The standard InChI is InChI=1S/C17H22N2O2/c1-2-8-18(7-1)12-14-5-6-16-17(14)21-11-9-19(16)13-15-4-3-10-20-15/h1-4,7-8,10,14,16-17H,5-6,9,11-13H2/t14-,16+,17-/m1/s1. The molecule has 4 nitrogen and oxygen atoms in total. The number of aromatic nitrogens is 1. The van der Waals surface area contributed by atoms with Gasteiger partial charge in [0.15, 0.2) is 0 Å². The molecule has 0 spiro atoms. The zero-order valence-electron chi connectivity index (χ0n) is 12.2. The number of nitrogens with zero attached hydrogens (tertiary/aromatic N) is 2. The molecule has 0 radical (unpaired) electrons. The summed E-state index contributed by atoms with van der Waals surface area (Å²) in [6, 6.07) is 8.77. The zero-order valence-corrected chi connectivity index (χ0v) is 12.2. The lowest BCUT2D eigenvalue weighted by atomic mass is 10.0. The zero-order chi connectivity index (χ0) is 14.1. The van der Waals surface area contributed by atoms with Crippen molar-refractivity contribution in [1.82, 2.24) is 9.47 Å². The minimum Gasteiger partial charge on any atom is -0.468 e. The van der Waals surface area contributed by atoms with Crippen LogP contribution in [0.5, 0.6) is 0 Å². The Morgan fingerprint density at radius 3 is 2.86 bits per heavy atom. The van der Waals surface area contributed by atoms with Gasteiger partial charge in [0.1, 0.15) is 5.76 Å². The molecule has 0 N–H and O–H groups in total. The molecule has 2 aliphatic rings. The highest BCUT2D eigenvalue weighted by Crippen LogP contribution is 2.36. The number of hydrogen-bond donors (Lipinski definition) is 0. The highest BCUT2D eigenvalue weighted by atomic mass is 16.5. The van der Waals surface area contributed by atoms with Gasteiger partial charge in [0.05, 0.1) is 25.5 Å². The van der Waals surface area contributed by atoms with E-state index in [-0.39, 0.29) is 0 Å². The van der Waals surface area contributed by atoms with Gasteiger partial charge in [-0.05, 0) is 37.1 Å². The van der Waals surface area contributed by atoms with Crippen LogP contribution in [0.1, 0.15) is 18.6 Å². The van der Waals surface area contributed by atoms with Gasteiger partial charge in [-0.15, -0.1) is 0 Å². The first-order chi connectivity index (χ1) is 10.4. The van der Waals surface area contributed by atoms with Crippen molar-refractivity contribution < 1.29 is 9.15 Å². The van der Waals surface area contributed by atoms with Crippen molar-refractivity contribution in [3.63, 3.8) is 0 Å². The van der Waals surface area contributed by atoms with Gasteiger partial charge in [-0.1, -0.05) is 0 Å². The maximum Gasteiger partial charge on any atom is 0.117 e. The Labute approximate surface area is 125 Å². The molecule has 0 bridgehead atoms. The fourth-order valence-corrected chi connectivity index (χ4v) is 3.89. The fraction of sp³-hybridized carbons (Fsp3) is 0.529. The highest BCUT2D eigenvalue weighted by molar-refractivity contribution is 5.02. The second-order valence-electron chi connectivity index (χ2n) is 6.17. The average Bonchev–Trinajstić information content (AvgIpc) is 3.22. The number of rotatable bonds is 4. The number of furan rings is 1. The van der Waals surface area contributed by atoms with Crippen LogP contribution in [-0.2, 0) is 17.8 Å². The van der Waals surface area contributed by atoms with Crippen LogP contribution in [0.2, 0.25) is 0 Å². The molecule has 2 fully saturated rings. The van der Waals surface area contributed by atoms with Crippen LogP contribution in [0.25, 0.3) is 0 Å². The molecule has 0 unspecified atom stereocenters. The Kier molecular flexibility index (Phi) is 3.57. The van der Waals surface area contributed by atoms with Gasteiger partial charge >= 0.3 is 0 Å². The largest absolute Gasteiger partial charge is 0.468 e. The van der Waals surface area contributed by atoms with Crippen molar-refractivity contribution in [2.24, 2.45) is 5.92 Å². The molecule has 112 valence electrons. The summed E-state index contributed by atoms with van der Waals surface area (Å²) >= 11 is 0. The molecule has 2 aromatic heterocycles. The molecule has 21 heavy (non-hydrogen) atoms. The quantitative estimate of drug-likeness (QED) is 0.866. The van der Waals surface area contributed by atoms with E-state index >= 15 is 0 Å². The number of ether oxygens (including phenoxy) is 1. The summed E-state index contributed by atoms with van der Waals surface area (Å²) in [5.41, 5.74) is 0. The maximum atomic E-state index is 6.13. The van der Waals surface area contributed by atoms with E-state index in [1.165, 1.54) is 12.8 Å². The van der Waals surface area contributed by atoms with Crippen molar-refractivity contribution in [1.29, 1.82) is 0 Å². The summed E-state index contributed by atoms with van der Waals surface area (Å²) in [7, 11) is 0. The van der Waals surface area contributed by atoms with E-state index in [1.807, 2.05) is 6.07 Å². The lowest BCUT2D eigenvalue weighted by Crippen LogP contribution is -2.50. The van der Waals surface area contributed by atoms with E-state index in [9.17, 15) is 0 Å². The van der Waals surface area contributed by atoms with Crippen molar-refractivity contribution >= 4 is 0 Å². The van der Waals surface area contributed by atoms with Crippen molar-refractivity contribution in [3.05, 3.63) is 48.7 Å². The van der Waals surface area contributed by atoms with Crippen LogP contribution in [0.4, 0.5) is 0 Å². The van der Waals surface area contributed by atoms with E-state index in [0.29, 0.717) is 18.1 Å². The molecule has 3 heterocycles. The molecule has 4 heteroatoms. The summed E-state index contributed by atoms with van der Waals surface area (Å²) in [4.78, 5) is 2.54. The van der Waals surface area contributed by atoms with Gasteiger partial charge in [0.2, 0.25) is 0 Å². The first kappa shape index (κ1) is 13.2. The summed E-state index contributed by atoms with van der Waals surface area (Å²) in [5, 5.41) is 0. The third-order valence-electron chi connectivity index (χ3n) is 4.89. The number of fused-ring (bicyclic) bond motifs is 1. The van der Waals surface area contributed by atoms with E-state index in [2.05, 4.69) is 40.1 Å². The van der Waals surface area contributed by atoms with Crippen LogP contribution < -0.4 is 0 Å². The van der Waals surface area contributed by atoms with Crippen LogP contribution in [-0.4, -0.2) is 34.8 Å². The van der Waals surface area contributed by atoms with Gasteiger partial charge in [-0.25, -0.2) is 0 Å². The van der Waals surface area contributed by atoms with E-state index in [0.717, 1.165) is 32.0 Å². The Morgan fingerprint density at radius 2 is 2.05 bits per heavy atom. The number of morpholine rings is 1. The molecule has 1 saturated carbocycles. The van der Waals surface area contributed by atoms with Gasteiger partial charge in [-0.2, -0.15) is 0 Å². The molecular weight excluding hydrogens is 264 g/mol. The normalized spacial score (nSPS) is 29.6. The van der Waals surface area contributed by atoms with Gasteiger partial charge in [0.25, 0.3) is 0 Å². The van der Waals surface area contributed by atoms with E-state index in [4.69, 9.17) is 9.15 Å². The van der Waals surface area contributed by atoms with Crippen LogP contribution in [0, 0.1) is 5.92 Å². The first-order valence-corrected chi connectivity index (χ1v) is 7.89. The molecule has 4 rings (SSSR count). The topological polar surface area (TPSA) is 30.5 Å². The van der Waals surface area contributed by atoms with Gasteiger partial charge < -0.3 is 13.7 Å². The first-order valence-electron chi connectivity index (χ1n) is 7.89. The van der Waals surface area contributed by atoms with Gasteiger partial charge in [-0.3, -0.25) is 4.90 Å². The van der Waals surface area contributed by atoms with E-state index in [1.54, 1.807) is 6.26 Å². The van der Waals surface area contributed by atoms with Crippen LogP contribution >= 0.6 is 0 Å². The second-order valence-corrected chi connectivity index (χ2v) is 6.17. The molecule has 1 aliphatic heterocycles. The molecule has 0 amide bonds. The fourth-order valence-electron chi connectivity index (χ4n) is 3.89. The minimum absolute atomic E-state index is 0.371. The Morgan fingerprint density at radius 1 is 1.14 bits per heavy atom. The van der Waals surface area contributed by atoms with Crippen LogP contribution in [0.15, 0.2) is 47.3 Å². The molecule has 2 aromatic rings. The molecule has 1 aliphatic carbocycles. The third-order valence-corrected chi connectivity index (χ3v) is 4.89. The average molecular weight is 286 g/mol. The summed E-state index contributed by atoms with van der Waals surface area (Å²) in [5.74, 6) is 1.69. The molecule has 3 atom stereocenters. The van der Waals surface area contributed by atoms with Crippen LogP contribution in [0.3, 0.4) is 0 Å². The molecule has 0 aromatic carbocycles. The minimum atomic E-state index is 0.371. The monoisotopic (exact) mass is 286 g/mol. The Bertz CT molecular complexity index is 549. The lowest BCUT2D eigenvalue weighted by molar-refractivity contribution is -0.0800. The van der Waals surface area contributed by atoms with E-state index < -0.39 is 0 Å². The lowest BCUT2D eigenvalue weighted by Gasteiger charge is -2.39. The summed E-state index contributed by atoms with van der Waals surface area (Å²) < 4.78 is 13.9.